The molecule has 8 nitrogen and oxygen atoms in total. The molecule has 20 heterocycles. The van der Waals surface area contributed by atoms with Crippen LogP contribution in [0.15, 0.2) is 146 Å². The summed E-state index contributed by atoms with van der Waals surface area (Å²) in [6.45, 7) is 25.9. The van der Waals surface area contributed by atoms with E-state index in [0.29, 0.717) is 0 Å². The van der Waals surface area contributed by atoms with E-state index in [9.17, 15) is 0 Å². The summed E-state index contributed by atoms with van der Waals surface area (Å²) in [5.74, 6) is 0. The number of fused-ring (bicyclic) bond motifs is 12. The third-order valence-electron chi connectivity index (χ3n) is 27.1. The molecule has 36 heteroatoms. The third-order valence-corrected chi connectivity index (χ3v) is 53.5. The van der Waals surface area contributed by atoms with Gasteiger partial charge in [0.1, 0.15) is 44.1 Å². The van der Waals surface area contributed by atoms with Crippen molar-refractivity contribution in [2.45, 2.75) is 83.1 Å². The van der Waals surface area contributed by atoms with E-state index in [-0.39, 0.29) is 0 Å². The monoisotopic (exact) mass is 2390 g/mol. The molecule has 28 aromatic rings. The van der Waals surface area contributed by atoms with Crippen LogP contribution in [0.2, 0.25) is 40.2 Å². The zero-order chi connectivity index (χ0) is 98.3. The van der Waals surface area contributed by atoms with Crippen molar-refractivity contribution in [2.24, 2.45) is 0 Å². The zero-order valence-corrected chi connectivity index (χ0v) is 99.0. The van der Waals surface area contributed by atoms with Crippen molar-refractivity contribution in [2.75, 3.05) is 0 Å². The number of thiophene rings is 16. The Labute approximate surface area is 943 Å². The summed E-state index contributed by atoms with van der Waals surface area (Å²) >= 11 is 89.9. The molecule has 0 amide bonds. The van der Waals surface area contributed by atoms with E-state index in [1.54, 1.807) is 147 Å². The minimum absolute atomic E-state index is 0.747. The Morgan fingerprint density at radius 3 is 0.743 bits per heavy atom. The van der Waals surface area contributed by atoms with Gasteiger partial charge in [0.25, 0.3) is 0 Å². The van der Waals surface area contributed by atoms with Gasteiger partial charge in [0.2, 0.25) is 0 Å². The highest BCUT2D eigenvalue weighted by Gasteiger charge is 2.33. The number of aromatic nitrogens is 8. The van der Waals surface area contributed by atoms with Crippen molar-refractivity contribution >= 4 is 446 Å². The average Bonchev–Trinajstić information content (AvgIpc) is 1.54. The maximum atomic E-state index is 7.49. The first kappa shape index (κ1) is 95.0. The van der Waals surface area contributed by atoms with Crippen LogP contribution >= 0.6 is 321 Å². The van der Waals surface area contributed by atoms with Crippen molar-refractivity contribution < 1.29 is 0 Å². The lowest BCUT2D eigenvalue weighted by Gasteiger charge is -2.05. The van der Waals surface area contributed by atoms with Crippen molar-refractivity contribution in [3.8, 4) is 142 Å². The SMILES string of the molecule is Cc1ccc(-c2ccc(-c3ccc(-c4sc5c(C)c6c(Cl)c(-c7ccc(-c8ccc(-c9ccc(-c%10sc%11c(C)c%12c(Cl)c(C)sc%12c(C)c%11c%10Cl)s9)c9nsnc89)s7)sc6c(C)c5c4Cl)s3)c3nsnc23)s1.Cc1sc(-c2ccc(-c3cc(Cl)c(-c4cc5c(C)c6sc(-c7ccc(-c8ccc(-c9ccc(-c%10sc%11c(C)c%12c(Cl)c(C)sc%12c(C)c%11c%10Cl)s9)c9nsnc89)s7)cc6c(C)c5s4)s3)c3nsnc23)cc1Cl. The Morgan fingerprint density at radius 1 is 0.174 bits per heavy atom. The summed E-state index contributed by atoms with van der Waals surface area (Å²) < 4.78 is 48.3. The molecule has 144 heavy (non-hydrogen) atoms. The highest BCUT2D eigenvalue weighted by molar-refractivity contribution is 7.33. The molecule has 20 aromatic heterocycles. The fraction of sp³-hybridized carbons (Fsp3) is 0.111. The molecule has 28 rings (SSSR count). The Hall–Kier alpha value is -7.36. The van der Waals surface area contributed by atoms with E-state index < -0.39 is 0 Å². The van der Waals surface area contributed by atoms with Gasteiger partial charge in [-0.15, -0.1) is 181 Å². The Bertz CT molecular complexity index is 10300. The molecule has 0 atom stereocenters. The Morgan fingerprint density at radius 2 is 0.431 bits per heavy atom. The van der Waals surface area contributed by atoms with Gasteiger partial charge in [-0.3, -0.25) is 0 Å². The number of benzene rings is 8. The second kappa shape index (κ2) is 36.2. The predicted octanol–water partition coefficient (Wildman–Crippen LogP) is 45.9. The molecule has 0 saturated heterocycles. The lowest BCUT2D eigenvalue weighted by molar-refractivity contribution is 1.57. The second-order valence-corrected chi connectivity index (χ2v) is 58.2. The van der Waals surface area contributed by atoms with E-state index in [0.717, 1.165) is 260 Å². The van der Waals surface area contributed by atoms with Gasteiger partial charge in [0.05, 0.1) is 111 Å². The fourth-order valence-corrected chi connectivity index (χ4v) is 44.5. The summed E-state index contributed by atoms with van der Waals surface area (Å²) in [4.78, 5) is 27.3. The number of rotatable bonds is 14. The van der Waals surface area contributed by atoms with Crippen molar-refractivity contribution in [3.05, 3.63) is 250 Å². The predicted molar refractivity (Wildman–Crippen MR) is 656 cm³/mol. The fourth-order valence-electron chi connectivity index (χ4n) is 19.9. The van der Waals surface area contributed by atoms with Crippen LogP contribution in [0.1, 0.15) is 64.0 Å². The second-order valence-electron chi connectivity index (χ2n) is 35.4. The smallest absolute Gasteiger partial charge is 0.114 e. The molecule has 0 aliphatic heterocycles. The van der Waals surface area contributed by atoms with Gasteiger partial charge >= 0.3 is 0 Å². The molecule has 8 aromatic carbocycles. The van der Waals surface area contributed by atoms with Gasteiger partial charge in [-0.25, -0.2) is 0 Å². The minimum Gasteiger partial charge on any atom is -0.172 e. The highest BCUT2D eigenvalue weighted by Crippen LogP contribution is 2.61. The maximum absolute atomic E-state index is 7.49. The molecule has 0 unspecified atom stereocenters. The first-order valence-corrected chi connectivity index (χ1v) is 63.7. The van der Waals surface area contributed by atoms with Gasteiger partial charge in [0.15, 0.2) is 0 Å². The molecular formula is C108H60Cl8N8S20. The normalized spacial score (nSPS) is 12.3. The van der Waals surface area contributed by atoms with Crippen LogP contribution in [0.5, 0.6) is 0 Å². The number of aryl methyl sites for hydroxylation is 12. The molecule has 0 spiro atoms. The number of hydrogen-bond donors (Lipinski definition) is 0. The Balaban J connectivity index is 0.000000143. The van der Waals surface area contributed by atoms with Crippen LogP contribution in [-0.2, 0) is 0 Å². The molecule has 0 aliphatic carbocycles. The van der Waals surface area contributed by atoms with Crippen molar-refractivity contribution in [1.82, 2.24) is 35.0 Å². The summed E-state index contributed by atoms with van der Waals surface area (Å²) in [7, 11) is 0. The maximum Gasteiger partial charge on any atom is 0.114 e. The van der Waals surface area contributed by atoms with E-state index in [2.05, 4.69) is 216 Å². The molecule has 0 bridgehead atoms. The highest BCUT2D eigenvalue weighted by atomic mass is 35.5. The van der Waals surface area contributed by atoms with Crippen LogP contribution in [-0.4, -0.2) is 35.0 Å². The molecule has 0 saturated carbocycles. The molecular weight excluding hydrogens is 2330 g/mol. The first-order chi connectivity index (χ1) is 69.6. The van der Waals surface area contributed by atoms with Crippen LogP contribution < -0.4 is 0 Å². The standard InChI is InChI=1S/2C54H30Cl4N4S10/c1-19-7-12-29(63-19)25-8-9-26(45-44(25)59-71-60-45)30-13-17-34(65-30)53-42(57)38-22(4)51-39(23(5)50(38)69-53)43(58)54(70-51)35-18-15-32(67-35)28-11-10-27(46-47(28)62-72-61-46)31-14-16-33(66-31)52-41(56)37-21(3)48-36(20(2)49(37)68-52)40(55)24(6)64-48;1-19-29-15-39(68-49(29)20(2)30-16-40(69-50(19)30)53-32(56)18-38(67-53)28-10-9-27(47-48(28)62-72-61-47)37-17-31(55)23(5)63-37)35-13-11-33(65-35)25-7-8-26(46-45(25)59-71-60-46)34-12-14-36(66-34)54-44(58)42-22(4)51-41(21(3)52(42)70-54)43(57)24(6)64-51/h2*7-18H,1-6H3. The van der Waals surface area contributed by atoms with E-state index in [1.807, 2.05) is 47.0 Å². The van der Waals surface area contributed by atoms with Gasteiger partial charge in [-0.1, -0.05) is 141 Å². The van der Waals surface area contributed by atoms with Crippen LogP contribution in [0.4, 0.5) is 0 Å². The lowest BCUT2D eigenvalue weighted by Crippen LogP contribution is -1.82. The third kappa shape index (κ3) is 14.8. The minimum atomic E-state index is 0.747. The van der Waals surface area contributed by atoms with Crippen molar-refractivity contribution in [1.29, 1.82) is 0 Å². The average molecular weight is 2390 g/mol. The number of hydrogen-bond acceptors (Lipinski definition) is 28. The lowest BCUT2D eigenvalue weighted by atomic mass is 10.0. The molecule has 708 valence electrons. The largest absolute Gasteiger partial charge is 0.172 e. The number of halogens is 8. The van der Waals surface area contributed by atoms with Crippen LogP contribution in [0.3, 0.4) is 0 Å². The van der Waals surface area contributed by atoms with E-state index in [4.69, 9.17) is 128 Å². The van der Waals surface area contributed by atoms with Gasteiger partial charge < -0.3 is 0 Å². The van der Waals surface area contributed by atoms with Crippen LogP contribution in [0, 0.1) is 83.1 Å². The molecule has 0 aliphatic rings. The number of nitrogens with zero attached hydrogens (tertiary/aromatic N) is 8. The summed E-state index contributed by atoms with van der Waals surface area (Å²) in [6, 6.07) is 52.7. The zero-order valence-electron chi connectivity index (χ0n) is 76.6. The van der Waals surface area contributed by atoms with Crippen molar-refractivity contribution in [3.63, 3.8) is 0 Å². The van der Waals surface area contributed by atoms with Gasteiger partial charge in [0, 0.05) is 207 Å². The summed E-state index contributed by atoms with van der Waals surface area (Å²) in [6.07, 6.45) is 0. The molecule has 0 N–H and O–H groups in total. The molecule has 0 radical (unpaired) electrons. The molecule has 0 fully saturated rings. The van der Waals surface area contributed by atoms with E-state index in [1.165, 1.54) is 158 Å². The summed E-state index contributed by atoms with van der Waals surface area (Å²) in [5.41, 5.74) is 25.6. The quantitative estimate of drug-likeness (QED) is 0.106. The van der Waals surface area contributed by atoms with Gasteiger partial charge in [-0.05, 0) is 235 Å². The Kier molecular flexibility index (Phi) is 23.9. The topological polar surface area (TPSA) is 103 Å². The van der Waals surface area contributed by atoms with Gasteiger partial charge in [-0.2, -0.15) is 35.0 Å². The van der Waals surface area contributed by atoms with Crippen LogP contribution in [0.25, 0.3) is 267 Å². The summed E-state index contributed by atoms with van der Waals surface area (Å²) in [5, 5.41) is 15.8. The first-order valence-electron chi connectivity index (χ1n) is 44.7. The van der Waals surface area contributed by atoms with E-state index >= 15 is 0 Å².